The summed E-state index contributed by atoms with van der Waals surface area (Å²) in [7, 11) is -3.09. The smallest absolute Gasteiger partial charge is 0.152 e. The van der Waals surface area contributed by atoms with Gasteiger partial charge in [0.1, 0.15) is 5.82 Å². The zero-order valence-corrected chi connectivity index (χ0v) is 13.5. The SMILES string of the molecule is CC(C)S(=O)(=O)CCC(CNC1CC1)c1ccccc1F. The molecule has 0 amide bonds. The van der Waals surface area contributed by atoms with E-state index in [1.54, 1.807) is 32.0 Å². The number of hydrogen-bond acceptors (Lipinski definition) is 3. The summed E-state index contributed by atoms with van der Waals surface area (Å²) in [5.41, 5.74) is 0.615. The molecule has 1 N–H and O–H groups in total. The van der Waals surface area contributed by atoms with E-state index in [0.29, 0.717) is 24.6 Å². The van der Waals surface area contributed by atoms with Crippen LogP contribution < -0.4 is 5.32 Å². The van der Waals surface area contributed by atoms with Crippen LogP contribution in [0, 0.1) is 5.82 Å². The van der Waals surface area contributed by atoms with Gasteiger partial charge >= 0.3 is 0 Å². The van der Waals surface area contributed by atoms with Crippen LogP contribution >= 0.6 is 0 Å². The second-order valence-electron chi connectivity index (χ2n) is 6.11. The molecule has 1 aromatic carbocycles. The number of nitrogens with one attached hydrogen (secondary N) is 1. The van der Waals surface area contributed by atoms with Crippen molar-refractivity contribution in [1.82, 2.24) is 5.32 Å². The van der Waals surface area contributed by atoms with Crippen molar-refractivity contribution in [3.05, 3.63) is 35.6 Å². The molecule has 0 radical (unpaired) electrons. The van der Waals surface area contributed by atoms with Gasteiger partial charge in [0.25, 0.3) is 0 Å². The van der Waals surface area contributed by atoms with Gasteiger partial charge in [-0.25, -0.2) is 12.8 Å². The number of hydrogen-bond donors (Lipinski definition) is 1. The minimum atomic E-state index is -3.09. The topological polar surface area (TPSA) is 46.2 Å². The molecule has 2 rings (SSSR count). The minimum Gasteiger partial charge on any atom is -0.313 e. The Morgan fingerprint density at radius 3 is 2.52 bits per heavy atom. The second-order valence-corrected chi connectivity index (χ2v) is 8.78. The van der Waals surface area contributed by atoms with Crippen molar-refractivity contribution >= 4 is 9.84 Å². The molecule has 0 aromatic heterocycles. The first-order chi connectivity index (χ1) is 9.90. The van der Waals surface area contributed by atoms with Crippen molar-refractivity contribution in [3.8, 4) is 0 Å². The third-order valence-corrected chi connectivity index (χ3v) is 6.29. The van der Waals surface area contributed by atoms with Crippen molar-refractivity contribution in [3.63, 3.8) is 0 Å². The molecule has 0 bridgehead atoms. The van der Waals surface area contributed by atoms with Crippen molar-refractivity contribution in [1.29, 1.82) is 0 Å². The fraction of sp³-hybridized carbons (Fsp3) is 0.625. The lowest BCUT2D eigenvalue weighted by Gasteiger charge is -2.19. The summed E-state index contributed by atoms with van der Waals surface area (Å²) < 4.78 is 38.0. The van der Waals surface area contributed by atoms with E-state index in [1.165, 1.54) is 6.07 Å². The summed E-state index contributed by atoms with van der Waals surface area (Å²) in [5, 5.41) is 3.01. The standard InChI is InChI=1S/C16H24FNO2S/c1-12(2)21(19,20)10-9-13(11-18-14-7-8-14)15-5-3-4-6-16(15)17/h3-6,12-14,18H,7-11H2,1-2H3. The molecule has 1 aliphatic carbocycles. The van der Waals surface area contributed by atoms with Crippen LogP contribution in [0.4, 0.5) is 4.39 Å². The molecule has 0 spiro atoms. The van der Waals surface area contributed by atoms with Gasteiger partial charge in [0.15, 0.2) is 9.84 Å². The van der Waals surface area contributed by atoms with Crippen molar-refractivity contribution in [2.24, 2.45) is 0 Å². The highest BCUT2D eigenvalue weighted by Crippen LogP contribution is 2.26. The maximum absolute atomic E-state index is 14.0. The van der Waals surface area contributed by atoms with Gasteiger partial charge in [-0.2, -0.15) is 0 Å². The van der Waals surface area contributed by atoms with Gasteiger partial charge in [-0.1, -0.05) is 18.2 Å². The summed E-state index contributed by atoms with van der Waals surface area (Å²) in [6, 6.07) is 7.20. The first-order valence-electron chi connectivity index (χ1n) is 7.59. The number of sulfone groups is 1. The van der Waals surface area contributed by atoms with Crippen LogP contribution in [0.2, 0.25) is 0 Å². The van der Waals surface area contributed by atoms with E-state index in [4.69, 9.17) is 0 Å². The van der Waals surface area contributed by atoms with Crippen LogP contribution in [0.1, 0.15) is 44.6 Å². The maximum atomic E-state index is 14.0. The fourth-order valence-electron chi connectivity index (χ4n) is 2.31. The molecular weight excluding hydrogens is 289 g/mol. The van der Waals surface area contributed by atoms with Crippen molar-refractivity contribution < 1.29 is 12.8 Å². The van der Waals surface area contributed by atoms with Crippen LogP contribution in [-0.4, -0.2) is 32.0 Å². The third kappa shape index (κ3) is 4.78. The van der Waals surface area contributed by atoms with E-state index in [9.17, 15) is 12.8 Å². The lowest BCUT2D eigenvalue weighted by Crippen LogP contribution is -2.27. The molecular formula is C16H24FNO2S. The highest BCUT2D eigenvalue weighted by Gasteiger charge is 2.25. The van der Waals surface area contributed by atoms with Gasteiger partial charge in [-0.3, -0.25) is 0 Å². The molecule has 1 unspecified atom stereocenters. The Morgan fingerprint density at radius 1 is 1.29 bits per heavy atom. The number of halogens is 1. The Hall–Kier alpha value is -0.940. The van der Waals surface area contributed by atoms with E-state index in [2.05, 4.69) is 5.32 Å². The molecule has 1 fully saturated rings. The average Bonchev–Trinajstić information content (AvgIpc) is 3.24. The molecule has 1 aliphatic rings. The summed E-state index contributed by atoms with van der Waals surface area (Å²) in [6.45, 7) is 4.02. The molecule has 5 heteroatoms. The Morgan fingerprint density at radius 2 is 1.95 bits per heavy atom. The second kappa shape index (κ2) is 6.88. The fourth-order valence-corrected chi connectivity index (χ4v) is 3.40. The van der Waals surface area contributed by atoms with E-state index < -0.39 is 9.84 Å². The van der Waals surface area contributed by atoms with Crippen LogP contribution in [0.15, 0.2) is 24.3 Å². The number of benzene rings is 1. The Bertz CT molecular complexity index is 567. The van der Waals surface area contributed by atoms with Crippen LogP contribution in [0.3, 0.4) is 0 Å². The van der Waals surface area contributed by atoms with Gasteiger partial charge in [-0.15, -0.1) is 0 Å². The summed E-state index contributed by atoms with van der Waals surface area (Å²) in [4.78, 5) is 0. The van der Waals surface area contributed by atoms with E-state index in [-0.39, 0.29) is 22.7 Å². The zero-order chi connectivity index (χ0) is 15.5. The Labute approximate surface area is 126 Å². The predicted molar refractivity (Wildman–Crippen MR) is 83.7 cm³/mol. The minimum absolute atomic E-state index is 0.0969. The lowest BCUT2D eigenvalue weighted by atomic mass is 9.96. The van der Waals surface area contributed by atoms with Crippen molar-refractivity contribution in [2.75, 3.05) is 12.3 Å². The van der Waals surface area contributed by atoms with E-state index in [1.807, 2.05) is 0 Å². The van der Waals surface area contributed by atoms with Gasteiger partial charge in [0.05, 0.1) is 11.0 Å². The molecule has 0 heterocycles. The normalized spacial score (nSPS) is 17.1. The monoisotopic (exact) mass is 313 g/mol. The van der Waals surface area contributed by atoms with Crippen LogP contribution in [-0.2, 0) is 9.84 Å². The van der Waals surface area contributed by atoms with E-state index in [0.717, 1.165) is 12.8 Å². The first-order valence-corrected chi connectivity index (χ1v) is 9.31. The van der Waals surface area contributed by atoms with Gasteiger partial charge in [0.2, 0.25) is 0 Å². The quantitative estimate of drug-likeness (QED) is 0.803. The Balaban J connectivity index is 2.06. The molecule has 0 saturated heterocycles. The summed E-state index contributed by atoms with van der Waals surface area (Å²) in [5.74, 6) is -0.238. The van der Waals surface area contributed by atoms with Gasteiger partial charge in [-0.05, 0) is 44.7 Å². The molecule has 21 heavy (non-hydrogen) atoms. The number of rotatable bonds is 8. The summed E-state index contributed by atoms with van der Waals surface area (Å²) >= 11 is 0. The molecule has 0 aliphatic heterocycles. The molecule has 118 valence electrons. The highest BCUT2D eigenvalue weighted by molar-refractivity contribution is 7.91. The highest BCUT2D eigenvalue weighted by atomic mass is 32.2. The zero-order valence-electron chi connectivity index (χ0n) is 12.7. The van der Waals surface area contributed by atoms with E-state index >= 15 is 0 Å². The first kappa shape index (κ1) is 16.4. The van der Waals surface area contributed by atoms with Crippen LogP contribution in [0.5, 0.6) is 0 Å². The molecule has 3 nitrogen and oxygen atoms in total. The van der Waals surface area contributed by atoms with Gasteiger partial charge < -0.3 is 5.32 Å². The molecule has 1 aromatic rings. The molecule has 1 saturated carbocycles. The van der Waals surface area contributed by atoms with Crippen LogP contribution in [0.25, 0.3) is 0 Å². The largest absolute Gasteiger partial charge is 0.313 e. The lowest BCUT2D eigenvalue weighted by molar-refractivity contribution is 0.522. The maximum Gasteiger partial charge on any atom is 0.152 e. The Kier molecular flexibility index (Phi) is 5.38. The predicted octanol–water partition coefficient (Wildman–Crippen LogP) is 2.87. The average molecular weight is 313 g/mol. The molecule has 1 atom stereocenters. The van der Waals surface area contributed by atoms with Gasteiger partial charge in [0, 0.05) is 18.5 Å². The summed E-state index contributed by atoms with van der Waals surface area (Å²) in [6.07, 6.45) is 2.78. The van der Waals surface area contributed by atoms with Crippen molar-refractivity contribution in [2.45, 2.75) is 50.3 Å². The third-order valence-electron chi connectivity index (χ3n) is 4.04.